The number of hydrogen-bond donors (Lipinski definition) is 3. The van der Waals surface area contributed by atoms with Crippen molar-refractivity contribution in [3.63, 3.8) is 0 Å². The fraction of sp³-hybridized carbons (Fsp3) is 0.875. The van der Waals surface area contributed by atoms with E-state index in [2.05, 4.69) is 0 Å². The Bertz CT molecular complexity index is 194. The highest BCUT2D eigenvalue weighted by atomic mass is 16.6. The lowest BCUT2D eigenvalue weighted by atomic mass is 9.90. The molecule has 13 heavy (non-hydrogen) atoms. The Morgan fingerprint density at radius 1 is 1.62 bits per heavy atom. The van der Waals surface area contributed by atoms with E-state index in [0.717, 1.165) is 12.8 Å². The first-order valence-electron chi connectivity index (χ1n) is 4.45. The number of hydrogen-bond acceptors (Lipinski definition) is 4. The van der Waals surface area contributed by atoms with Crippen molar-refractivity contribution in [1.29, 1.82) is 0 Å². The van der Waals surface area contributed by atoms with Crippen molar-refractivity contribution in [1.82, 2.24) is 0 Å². The van der Waals surface area contributed by atoms with Crippen molar-refractivity contribution in [3.05, 3.63) is 0 Å². The molecule has 5 N–H and O–H groups in total. The van der Waals surface area contributed by atoms with E-state index in [9.17, 15) is 4.79 Å². The monoisotopic (exact) mass is 188 g/mol. The number of nitrogens with two attached hydrogens (primary N) is 2. The number of unbranched alkanes of at least 4 members (excludes halogenated alkanes) is 1. The Hall–Kier alpha value is -0.650. The summed E-state index contributed by atoms with van der Waals surface area (Å²) in [6, 6.07) is 0. The zero-order valence-corrected chi connectivity index (χ0v) is 7.53. The third kappa shape index (κ3) is 2.40. The van der Waals surface area contributed by atoms with Crippen LogP contribution >= 0.6 is 0 Å². The Labute approximate surface area is 77.0 Å². The number of rotatable bonds is 6. The molecule has 5 nitrogen and oxygen atoms in total. The number of carboxylic acids is 1. The summed E-state index contributed by atoms with van der Waals surface area (Å²) in [5.41, 5.74) is 9.83. The van der Waals surface area contributed by atoms with Gasteiger partial charge >= 0.3 is 5.97 Å². The van der Waals surface area contributed by atoms with Crippen LogP contribution in [0.25, 0.3) is 0 Å². The number of ether oxygens (including phenoxy) is 1. The van der Waals surface area contributed by atoms with Gasteiger partial charge in [0.05, 0.1) is 6.61 Å². The molecule has 1 unspecified atom stereocenters. The molecule has 1 heterocycles. The molecule has 1 aliphatic heterocycles. The fourth-order valence-electron chi connectivity index (χ4n) is 1.31. The van der Waals surface area contributed by atoms with Crippen molar-refractivity contribution in [2.45, 2.75) is 30.9 Å². The Balaban J connectivity index is 2.42. The molecule has 0 bridgehead atoms. The summed E-state index contributed by atoms with van der Waals surface area (Å²) in [7, 11) is 0. The third-order valence-corrected chi connectivity index (χ3v) is 2.35. The topological polar surface area (TPSA) is 102 Å². The molecule has 76 valence electrons. The van der Waals surface area contributed by atoms with Crippen LogP contribution in [0.15, 0.2) is 0 Å². The van der Waals surface area contributed by atoms with Gasteiger partial charge in [-0.3, -0.25) is 4.79 Å². The van der Waals surface area contributed by atoms with Gasteiger partial charge in [0, 0.05) is 0 Å². The lowest BCUT2D eigenvalue weighted by Gasteiger charge is -2.21. The van der Waals surface area contributed by atoms with E-state index in [1.54, 1.807) is 0 Å². The van der Waals surface area contributed by atoms with Gasteiger partial charge in [0.1, 0.15) is 11.6 Å². The molecule has 0 radical (unpaired) electrons. The van der Waals surface area contributed by atoms with Crippen molar-refractivity contribution in [2.24, 2.45) is 11.5 Å². The van der Waals surface area contributed by atoms with Gasteiger partial charge < -0.3 is 21.3 Å². The second kappa shape index (κ2) is 4.04. The molecule has 2 atom stereocenters. The molecular formula is C8H16N2O3. The molecule has 0 spiro atoms. The predicted octanol–water partition coefficient (Wildman–Crippen LogP) is -0.704. The molecule has 0 amide bonds. The Morgan fingerprint density at radius 3 is 2.62 bits per heavy atom. The van der Waals surface area contributed by atoms with Crippen LogP contribution in [-0.2, 0) is 9.53 Å². The van der Waals surface area contributed by atoms with E-state index in [4.69, 9.17) is 21.3 Å². The third-order valence-electron chi connectivity index (χ3n) is 2.35. The van der Waals surface area contributed by atoms with Crippen LogP contribution in [0.2, 0.25) is 0 Å². The maximum absolute atomic E-state index is 10.9. The molecule has 1 fully saturated rings. The molecule has 5 heteroatoms. The molecule has 0 aromatic rings. The van der Waals surface area contributed by atoms with Crippen LogP contribution in [0, 0.1) is 0 Å². The van der Waals surface area contributed by atoms with Crippen LogP contribution < -0.4 is 11.5 Å². The first-order valence-corrected chi connectivity index (χ1v) is 4.45. The fourth-order valence-corrected chi connectivity index (χ4v) is 1.31. The second-order valence-corrected chi connectivity index (χ2v) is 3.41. The van der Waals surface area contributed by atoms with Gasteiger partial charge in [-0.25, -0.2) is 0 Å². The zero-order valence-electron chi connectivity index (χ0n) is 7.53. The van der Waals surface area contributed by atoms with Crippen LogP contribution in [0.5, 0.6) is 0 Å². The zero-order chi connectivity index (χ0) is 9.90. The molecule has 0 aromatic carbocycles. The lowest BCUT2D eigenvalue weighted by molar-refractivity contribution is -0.144. The molecule has 1 aliphatic rings. The summed E-state index contributed by atoms with van der Waals surface area (Å²) in [4.78, 5) is 10.9. The van der Waals surface area contributed by atoms with Gasteiger partial charge in [0.2, 0.25) is 0 Å². The van der Waals surface area contributed by atoms with Crippen molar-refractivity contribution in [3.8, 4) is 0 Å². The maximum Gasteiger partial charge on any atom is 0.326 e. The second-order valence-electron chi connectivity index (χ2n) is 3.41. The van der Waals surface area contributed by atoms with Crippen molar-refractivity contribution >= 4 is 5.97 Å². The van der Waals surface area contributed by atoms with Gasteiger partial charge in [-0.2, -0.15) is 0 Å². The molecule has 0 aliphatic carbocycles. The van der Waals surface area contributed by atoms with Crippen LogP contribution in [0.3, 0.4) is 0 Å². The molecule has 1 saturated heterocycles. The van der Waals surface area contributed by atoms with Crippen LogP contribution in [0.4, 0.5) is 0 Å². The summed E-state index contributed by atoms with van der Waals surface area (Å²) in [5, 5.41) is 8.91. The van der Waals surface area contributed by atoms with Gasteiger partial charge in [-0.1, -0.05) is 0 Å². The normalized spacial score (nSPS) is 25.2. The van der Waals surface area contributed by atoms with E-state index in [1.165, 1.54) is 0 Å². The lowest BCUT2D eigenvalue weighted by Crippen LogP contribution is -2.53. The van der Waals surface area contributed by atoms with Crippen LogP contribution in [-0.4, -0.2) is 35.9 Å². The van der Waals surface area contributed by atoms with Gasteiger partial charge in [0.15, 0.2) is 0 Å². The highest BCUT2D eigenvalue weighted by Crippen LogP contribution is 2.27. The minimum atomic E-state index is -1.20. The van der Waals surface area contributed by atoms with E-state index >= 15 is 0 Å². The van der Waals surface area contributed by atoms with Crippen molar-refractivity contribution < 1.29 is 14.6 Å². The van der Waals surface area contributed by atoms with E-state index in [-0.39, 0.29) is 6.10 Å². The quantitative estimate of drug-likeness (QED) is 0.378. The highest BCUT2D eigenvalue weighted by Gasteiger charge is 2.49. The smallest absolute Gasteiger partial charge is 0.326 e. The van der Waals surface area contributed by atoms with E-state index in [1.807, 2.05) is 0 Å². The number of carbonyl (C=O) groups is 1. The molecular weight excluding hydrogens is 172 g/mol. The first kappa shape index (κ1) is 10.4. The Morgan fingerprint density at radius 2 is 2.23 bits per heavy atom. The van der Waals surface area contributed by atoms with Crippen LogP contribution in [0.1, 0.15) is 19.3 Å². The summed E-state index contributed by atoms with van der Waals surface area (Å²) in [6.07, 6.45) is 1.67. The summed E-state index contributed by atoms with van der Waals surface area (Å²) < 4.78 is 4.93. The first-order chi connectivity index (χ1) is 6.11. The average Bonchev–Trinajstić information content (AvgIpc) is 2.86. The minimum absolute atomic E-state index is 0.303. The maximum atomic E-state index is 10.9. The average molecular weight is 188 g/mol. The number of carboxylic acid groups (broad SMARTS) is 1. The van der Waals surface area contributed by atoms with Gasteiger partial charge in [0.25, 0.3) is 0 Å². The summed E-state index contributed by atoms with van der Waals surface area (Å²) in [5.74, 6) is -0.980. The molecule has 0 saturated carbocycles. The predicted molar refractivity (Wildman–Crippen MR) is 47.2 cm³/mol. The van der Waals surface area contributed by atoms with Gasteiger partial charge in [-0.05, 0) is 25.8 Å². The van der Waals surface area contributed by atoms with Crippen molar-refractivity contribution in [2.75, 3.05) is 13.2 Å². The summed E-state index contributed by atoms with van der Waals surface area (Å²) >= 11 is 0. The number of epoxide rings is 1. The standard InChI is InChI=1S/C8H16N2O3/c9-4-2-1-3-8(10,7(11)12)6-5-13-6/h6H,1-5,9-10H2,(H,11,12)/t6?,8-/m1/s1. The SMILES string of the molecule is NCCCC[C@](N)(C(=O)O)C1CO1. The largest absolute Gasteiger partial charge is 0.480 e. The Kier molecular flexibility index (Phi) is 3.24. The van der Waals surface area contributed by atoms with E-state index < -0.39 is 11.5 Å². The molecule has 0 aromatic heterocycles. The minimum Gasteiger partial charge on any atom is -0.480 e. The van der Waals surface area contributed by atoms with Gasteiger partial charge in [-0.15, -0.1) is 0 Å². The molecule has 1 rings (SSSR count). The number of aliphatic carboxylic acids is 1. The van der Waals surface area contributed by atoms with E-state index in [0.29, 0.717) is 19.6 Å². The summed E-state index contributed by atoms with van der Waals surface area (Å²) in [6.45, 7) is 1.03. The highest BCUT2D eigenvalue weighted by molar-refractivity contribution is 5.79.